The molecular formula is C60H127N15O26S. The summed E-state index contributed by atoms with van der Waals surface area (Å²) in [6.45, 7) is 8.70. The first-order chi connectivity index (χ1) is 47.0. The van der Waals surface area contributed by atoms with Gasteiger partial charge in [-0.25, -0.2) is 0 Å². The second-order valence-electron chi connectivity index (χ2n) is 29.2. The molecule has 0 aromatic rings. The Morgan fingerprint density at radius 3 is 0.951 bits per heavy atom. The number of ether oxygens (including phenoxy) is 12. The third kappa shape index (κ3) is 23.5. The molecule has 0 aromatic heterocycles. The third-order valence-corrected chi connectivity index (χ3v) is 20.6. The lowest BCUT2D eigenvalue weighted by Crippen LogP contribution is -2.68. The molecule has 9 aliphatic rings. The number of hydrogen-bond donors (Lipinski definition) is 26. The lowest BCUT2D eigenvalue weighted by molar-refractivity contribution is -0.307. The number of nitrogens with one attached hydrogen (secondary N) is 4. The molecule has 6 saturated heterocycles. The first kappa shape index (κ1) is 91.0. The normalized spacial score (nSPS) is 48.6. The van der Waals surface area contributed by atoms with Crippen LogP contribution in [0.4, 0.5) is 0 Å². The fourth-order valence-electron chi connectivity index (χ4n) is 14.6. The molecule has 9 rings (SSSR count). The minimum absolute atomic E-state index is 0. The van der Waals surface area contributed by atoms with Crippen LogP contribution in [0.5, 0.6) is 0 Å². The van der Waals surface area contributed by atoms with Crippen molar-refractivity contribution in [3.63, 3.8) is 0 Å². The topological polar surface area (TPSA) is 733 Å². The maximum Gasteiger partial charge on any atom is 0.394 e. The van der Waals surface area contributed by atoms with Crippen molar-refractivity contribution in [3.05, 3.63) is 0 Å². The van der Waals surface area contributed by atoms with E-state index in [2.05, 4.69) is 21.3 Å². The fourth-order valence-corrected chi connectivity index (χ4v) is 14.6. The molecule has 6 heterocycles. The summed E-state index contributed by atoms with van der Waals surface area (Å²) >= 11 is 0. The molecule has 39 N–H and O–H groups in total. The molecular weight excluding hydrogens is 1380 g/mol. The molecule has 42 heteroatoms. The van der Waals surface area contributed by atoms with Crippen LogP contribution in [0.15, 0.2) is 0 Å². The summed E-state index contributed by atoms with van der Waals surface area (Å²) in [6.07, 6.45) is -13.3. The molecule has 35 unspecified atom stereocenters. The van der Waals surface area contributed by atoms with E-state index in [-0.39, 0.29) is 73.8 Å². The second kappa shape index (κ2) is 39.3. The van der Waals surface area contributed by atoms with Crippen LogP contribution in [0.1, 0.15) is 92.4 Å². The Morgan fingerprint density at radius 2 is 0.686 bits per heavy atom. The van der Waals surface area contributed by atoms with Gasteiger partial charge in [0.25, 0.3) is 0 Å². The molecule has 6 aliphatic heterocycles. The van der Waals surface area contributed by atoms with Crippen molar-refractivity contribution in [1.82, 2.24) is 21.3 Å². The van der Waals surface area contributed by atoms with Gasteiger partial charge in [-0.1, -0.05) is 0 Å². The van der Waals surface area contributed by atoms with Crippen LogP contribution in [0.25, 0.3) is 0 Å². The van der Waals surface area contributed by atoms with E-state index in [1.165, 1.54) is 0 Å². The van der Waals surface area contributed by atoms with Gasteiger partial charge in [-0.05, 0) is 121 Å². The summed E-state index contributed by atoms with van der Waals surface area (Å²) in [6, 6.07) is -6.84. The lowest BCUT2D eigenvalue weighted by Gasteiger charge is -2.48. The van der Waals surface area contributed by atoms with E-state index in [0.717, 1.165) is 19.3 Å². The molecule has 0 bridgehead atoms. The van der Waals surface area contributed by atoms with Gasteiger partial charge in [0.05, 0.1) is 74.4 Å². The van der Waals surface area contributed by atoms with Crippen LogP contribution in [0, 0.1) is 0 Å². The maximum atomic E-state index is 11.1. The van der Waals surface area contributed by atoms with Crippen molar-refractivity contribution in [3.8, 4) is 0 Å². The summed E-state index contributed by atoms with van der Waals surface area (Å²) in [5.41, 5.74) is 63.8. The Labute approximate surface area is 596 Å². The first-order valence-corrected chi connectivity index (χ1v) is 36.1. The molecule has 0 aromatic carbocycles. The Hall–Kier alpha value is -1.61. The van der Waals surface area contributed by atoms with Crippen molar-refractivity contribution in [2.75, 3.05) is 54.6 Å². The lowest BCUT2D eigenvalue weighted by atomic mass is 9.84. The van der Waals surface area contributed by atoms with E-state index >= 15 is 0 Å². The van der Waals surface area contributed by atoms with Crippen molar-refractivity contribution < 1.29 is 126 Å². The zero-order valence-electron chi connectivity index (χ0n) is 59.8. The van der Waals surface area contributed by atoms with E-state index in [1.807, 2.05) is 20.9 Å². The molecule has 9 fully saturated rings. The summed E-state index contributed by atoms with van der Waals surface area (Å²) in [5.74, 6) is 0. The highest BCUT2D eigenvalue weighted by molar-refractivity contribution is 7.79. The number of aliphatic hydroxyl groups excluding tert-OH is 6. The van der Waals surface area contributed by atoms with E-state index in [0.29, 0.717) is 45.1 Å². The van der Waals surface area contributed by atoms with Gasteiger partial charge in [0, 0.05) is 54.9 Å². The largest absolute Gasteiger partial charge is 0.412 e. The molecule has 0 amide bonds. The zero-order chi connectivity index (χ0) is 75.7. The van der Waals surface area contributed by atoms with Gasteiger partial charge in [0.15, 0.2) is 37.7 Å². The van der Waals surface area contributed by atoms with Gasteiger partial charge in [0.2, 0.25) is 0 Å². The smallest absolute Gasteiger partial charge is 0.394 e. The molecule has 38 atom stereocenters. The van der Waals surface area contributed by atoms with Gasteiger partial charge >= 0.3 is 10.4 Å². The fraction of sp³-hybridized carbons (Fsp3) is 1.00. The Morgan fingerprint density at radius 1 is 0.431 bits per heavy atom. The average molecular weight is 1510 g/mol. The van der Waals surface area contributed by atoms with Crippen molar-refractivity contribution >= 4 is 10.4 Å². The summed E-state index contributed by atoms with van der Waals surface area (Å²) < 4.78 is 102. The standard InChI is InChI=1S/C21H43N5O7.C20H41N5O7.C19H39N5O7.H2O4S.H2O/c1-9(25-3)13-6-5-10(22)19(31-13)32-16-11(23)7-12(24)17(14(16)27)33-20-15(28)18(26-4)21(2,29)8-30-20;1-8(21)12-5-4-9(22)18(30-12)31-15-10(23)6-11(24)16(13(15)26)32-19-14(27)17(25-3)20(2,28)7-29-19;1-19(27)7-28-18(13(26)16(19)24-2)31-15-11(23)5-10(22)14(12(15)25)30-17-9(21)4-3-8(6-20)29-17;1-5(2,3)4;/h9-20,25-29H,5-8,22-24H2,1-4H3;8-19,25-28H,4-7,21-24H2,1-3H3;8-18,24-27H,3-7,20-23H2,1-2H3;(H2,1,2,3,4);1H2/t9?,10?,11?,12?,13?,14?,15?,16?,17?,18?,19?,20?,21-;8?,9?,10?,11?,12?,13?,14?,15?,16?,17?,18?,19?,20-;8?,9?,10?,11?,12?,13?,14?,15?,16?,17?,18?,19-;;/m000../s1. The average Bonchev–Trinajstić information content (AvgIpc) is 0.789. The number of hydrogen-bond acceptors (Lipinski definition) is 38. The molecule has 3 saturated carbocycles. The molecule has 0 radical (unpaired) electrons. The van der Waals surface area contributed by atoms with Crippen LogP contribution >= 0.6 is 0 Å². The Balaban J connectivity index is 0.000000265. The third-order valence-electron chi connectivity index (χ3n) is 20.6. The SMILES string of the molecule is CNC(C)C1CCC(N)C(OC2C(N)CC(N)C(OC3OC[C@](C)(O)C(NC)C3O)C2O)O1.CNC1C(O)C(OC2C(N)CC(N)C(OC3OC(C(C)N)CCC3N)C2O)OC[C@]1(C)O.CNC1C(O)C(OC2C(N)CC(N)C(OC3OC(CN)CCC3N)C2O)OC[C@]1(C)O.O.O=S(=O)(O)O. The quantitative estimate of drug-likeness (QED) is 0.0534. The molecule has 102 heavy (non-hydrogen) atoms. The van der Waals surface area contributed by atoms with Crippen LogP contribution in [-0.2, 0) is 67.2 Å². The highest BCUT2D eigenvalue weighted by Gasteiger charge is 2.55. The van der Waals surface area contributed by atoms with E-state index in [4.69, 9.17) is 137 Å². The van der Waals surface area contributed by atoms with E-state index in [1.54, 1.807) is 41.9 Å². The highest BCUT2D eigenvalue weighted by atomic mass is 32.3. The maximum absolute atomic E-state index is 11.1. The summed E-state index contributed by atoms with van der Waals surface area (Å²) in [5, 5.41) is 108. The number of nitrogens with two attached hydrogens (primary N) is 11. The Kier molecular flexibility index (Phi) is 35.1. The second-order valence-corrected chi connectivity index (χ2v) is 30.1. The van der Waals surface area contributed by atoms with Gasteiger partial charge in [-0.15, -0.1) is 0 Å². The van der Waals surface area contributed by atoms with Gasteiger partial charge in [-0.2, -0.15) is 8.42 Å². The molecule has 3 aliphatic carbocycles. The zero-order valence-corrected chi connectivity index (χ0v) is 60.6. The number of likely N-dealkylation sites (N-methyl/N-ethyl adjacent to an activating group) is 4. The minimum Gasteiger partial charge on any atom is -0.412 e. The minimum atomic E-state index is -4.67. The van der Waals surface area contributed by atoms with Crippen LogP contribution in [-0.4, -0.2) is 354 Å². The van der Waals surface area contributed by atoms with Gasteiger partial charge in [-0.3, -0.25) is 9.11 Å². The monoisotopic (exact) mass is 1510 g/mol. The van der Waals surface area contributed by atoms with E-state index in [9.17, 15) is 46.0 Å². The number of rotatable bonds is 19. The van der Waals surface area contributed by atoms with Crippen molar-refractivity contribution in [2.45, 2.75) is 323 Å². The molecule has 604 valence electrons. The van der Waals surface area contributed by atoms with Crippen LogP contribution in [0.2, 0.25) is 0 Å². The van der Waals surface area contributed by atoms with E-state index < -0.39 is 193 Å². The summed E-state index contributed by atoms with van der Waals surface area (Å²) in [4.78, 5) is 0. The predicted octanol–water partition coefficient (Wildman–Crippen LogP) is -12.4. The van der Waals surface area contributed by atoms with Crippen molar-refractivity contribution in [1.29, 1.82) is 0 Å². The van der Waals surface area contributed by atoms with Crippen LogP contribution in [0.3, 0.4) is 0 Å². The molecule has 41 nitrogen and oxygen atoms in total. The first-order valence-electron chi connectivity index (χ1n) is 34.7. The van der Waals surface area contributed by atoms with Crippen molar-refractivity contribution in [2.24, 2.45) is 63.1 Å². The number of aliphatic hydroxyl groups is 9. The highest BCUT2D eigenvalue weighted by Crippen LogP contribution is 2.36. The summed E-state index contributed by atoms with van der Waals surface area (Å²) in [7, 11) is 2.07. The Bertz CT molecular complexity index is 2560. The van der Waals surface area contributed by atoms with Gasteiger partial charge in [0.1, 0.15) is 90.1 Å². The van der Waals surface area contributed by atoms with Gasteiger partial charge < -0.3 is 193 Å². The van der Waals surface area contributed by atoms with Crippen LogP contribution < -0.4 is 84.3 Å². The molecule has 0 spiro atoms. The predicted molar refractivity (Wildman–Crippen MR) is 363 cm³/mol.